The number of hydrogen-bond acceptors (Lipinski definition) is 3. The van der Waals surface area contributed by atoms with Crippen LogP contribution in [0.3, 0.4) is 0 Å². The van der Waals surface area contributed by atoms with Crippen molar-refractivity contribution in [3.63, 3.8) is 0 Å². The van der Waals surface area contributed by atoms with E-state index in [4.69, 9.17) is 0 Å². The summed E-state index contributed by atoms with van der Waals surface area (Å²) >= 11 is 1.87. The van der Waals surface area contributed by atoms with Crippen LogP contribution in [0.5, 0.6) is 0 Å². The van der Waals surface area contributed by atoms with Gasteiger partial charge in [-0.15, -0.1) is 0 Å². The van der Waals surface area contributed by atoms with Crippen molar-refractivity contribution in [1.82, 2.24) is 15.5 Å². The number of aliphatic imine (C=N–C) groups is 1. The van der Waals surface area contributed by atoms with Crippen LogP contribution in [-0.2, 0) is 6.54 Å². The molecule has 0 radical (unpaired) electrons. The minimum Gasteiger partial charge on any atom is -0.355 e. The van der Waals surface area contributed by atoms with Crippen molar-refractivity contribution in [2.75, 3.05) is 32.9 Å². The van der Waals surface area contributed by atoms with Crippen LogP contribution < -0.4 is 10.6 Å². The lowest BCUT2D eigenvalue weighted by molar-refractivity contribution is 0.198. The fourth-order valence-electron chi connectivity index (χ4n) is 2.79. The van der Waals surface area contributed by atoms with E-state index in [-0.39, 0.29) is 0 Å². The van der Waals surface area contributed by atoms with Crippen molar-refractivity contribution in [3.05, 3.63) is 35.9 Å². The van der Waals surface area contributed by atoms with Crippen molar-refractivity contribution in [2.24, 2.45) is 4.99 Å². The molecular weight excluding hydrogens is 304 g/mol. The van der Waals surface area contributed by atoms with Gasteiger partial charge in [-0.3, -0.25) is 9.89 Å². The average Bonchev–Trinajstić information content (AvgIpc) is 2.60. The van der Waals surface area contributed by atoms with E-state index in [1.807, 2.05) is 18.8 Å². The number of guanidine groups is 1. The third kappa shape index (κ3) is 6.43. The van der Waals surface area contributed by atoms with E-state index >= 15 is 0 Å². The van der Waals surface area contributed by atoms with Gasteiger partial charge in [0.15, 0.2) is 5.96 Å². The predicted octanol–water partition coefficient (Wildman–Crippen LogP) is 2.57. The zero-order chi connectivity index (χ0) is 16.5. The first kappa shape index (κ1) is 18.1. The van der Waals surface area contributed by atoms with Gasteiger partial charge in [0, 0.05) is 44.5 Å². The Balaban J connectivity index is 1.71. The summed E-state index contributed by atoms with van der Waals surface area (Å²) in [6.07, 6.45) is 4.49. The van der Waals surface area contributed by atoms with E-state index in [9.17, 15) is 0 Å². The van der Waals surface area contributed by atoms with Crippen molar-refractivity contribution in [2.45, 2.75) is 37.6 Å². The molecular formula is C18H30N4S. The third-order valence-corrected chi connectivity index (χ3v) is 5.33. The fraction of sp³-hybridized carbons (Fsp3) is 0.611. The molecule has 1 fully saturated rings. The van der Waals surface area contributed by atoms with Crippen molar-refractivity contribution in [3.8, 4) is 0 Å². The van der Waals surface area contributed by atoms with E-state index in [0.29, 0.717) is 11.3 Å². The van der Waals surface area contributed by atoms with Crippen molar-refractivity contribution < 1.29 is 0 Å². The maximum atomic E-state index is 4.35. The van der Waals surface area contributed by atoms with E-state index in [0.717, 1.165) is 32.1 Å². The van der Waals surface area contributed by atoms with Crippen LogP contribution in [0.15, 0.2) is 35.3 Å². The van der Waals surface area contributed by atoms with Gasteiger partial charge >= 0.3 is 0 Å². The highest BCUT2D eigenvalue weighted by Crippen LogP contribution is 2.13. The first-order valence-corrected chi connectivity index (χ1v) is 9.76. The molecule has 1 heterocycles. The average molecular weight is 335 g/mol. The minimum atomic E-state index is 0.526. The molecule has 23 heavy (non-hydrogen) atoms. The van der Waals surface area contributed by atoms with Crippen LogP contribution in [0.4, 0.5) is 0 Å². The van der Waals surface area contributed by atoms with Gasteiger partial charge in [-0.05, 0) is 24.7 Å². The standard InChI is InChI=1S/C18H30N4S/c1-15(23-3)13-20-18(19-2)21-17-9-11-22(12-10-17)14-16-7-5-4-6-8-16/h4-8,15,17H,9-14H2,1-3H3,(H2,19,20,21). The van der Waals surface area contributed by atoms with Crippen LogP contribution >= 0.6 is 11.8 Å². The Morgan fingerprint density at radius 2 is 2.00 bits per heavy atom. The molecule has 0 aliphatic carbocycles. The number of nitrogens with zero attached hydrogens (tertiary/aromatic N) is 2. The SMILES string of the molecule is CN=C(NCC(C)SC)NC1CCN(Cc2ccccc2)CC1. The van der Waals surface area contributed by atoms with Gasteiger partial charge in [0.05, 0.1) is 0 Å². The quantitative estimate of drug-likeness (QED) is 0.620. The maximum Gasteiger partial charge on any atom is 0.191 e. The fourth-order valence-corrected chi connectivity index (χ4v) is 3.04. The Labute approximate surface area is 145 Å². The zero-order valence-corrected chi connectivity index (χ0v) is 15.4. The normalized spacial score (nSPS) is 18.7. The van der Waals surface area contributed by atoms with E-state index in [1.165, 1.54) is 18.4 Å². The Morgan fingerprint density at radius 1 is 1.30 bits per heavy atom. The zero-order valence-electron chi connectivity index (χ0n) is 14.6. The molecule has 0 aromatic heterocycles. The molecule has 5 heteroatoms. The molecule has 1 atom stereocenters. The van der Waals surface area contributed by atoms with Gasteiger partial charge < -0.3 is 10.6 Å². The summed E-state index contributed by atoms with van der Waals surface area (Å²) in [5.74, 6) is 0.937. The molecule has 1 aromatic rings. The number of benzene rings is 1. The van der Waals surface area contributed by atoms with Crippen LogP contribution in [-0.4, -0.2) is 55.1 Å². The number of rotatable bonds is 6. The van der Waals surface area contributed by atoms with Crippen molar-refractivity contribution in [1.29, 1.82) is 0 Å². The summed E-state index contributed by atoms with van der Waals surface area (Å²) in [6.45, 7) is 6.53. The molecule has 1 unspecified atom stereocenters. The summed E-state index contributed by atoms with van der Waals surface area (Å²) in [7, 11) is 1.85. The van der Waals surface area contributed by atoms with E-state index < -0.39 is 0 Å². The van der Waals surface area contributed by atoms with Gasteiger partial charge in [0.1, 0.15) is 0 Å². The van der Waals surface area contributed by atoms with E-state index in [2.05, 4.69) is 64.0 Å². The van der Waals surface area contributed by atoms with Gasteiger partial charge in [-0.1, -0.05) is 37.3 Å². The molecule has 1 aliphatic heterocycles. The van der Waals surface area contributed by atoms with Crippen LogP contribution in [0, 0.1) is 0 Å². The number of thioether (sulfide) groups is 1. The lowest BCUT2D eigenvalue weighted by atomic mass is 10.0. The Kier molecular flexibility index (Phi) is 7.76. The lowest BCUT2D eigenvalue weighted by Gasteiger charge is -2.33. The number of likely N-dealkylation sites (tertiary alicyclic amines) is 1. The van der Waals surface area contributed by atoms with Gasteiger partial charge in [-0.25, -0.2) is 0 Å². The first-order chi connectivity index (χ1) is 11.2. The molecule has 2 N–H and O–H groups in total. The summed E-state index contributed by atoms with van der Waals surface area (Å²) in [6, 6.07) is 11.3. The number of piperidine rings is 1. The van der Waals surface area contributed by atoms with Gasteiger partial charge in [0.25, 0.3) is 0 Å². The van der Waals surface area contributed by atoms with E-state index in [1.54, 1.807) is 0 Å². The highest BCUT2D eigenvalue weighted by molar-refractivity contribution is 7.99. The molecule has 2 rings (SSSR count). The summed E-state index contributed by atoms with van der Waals surface area (Å²) in [5.41, 5.74) is 1.41. The molecule has 0 amide bonds. The highest BCUT2D eigenvalue weighted by Gasteiger charge is 2.20. The monoisotopic (exact) mass is 334 g/mol. The molecule has 128 valence electrons. The summed E-state index contributed by atoms with van der Waals surface area (Å²) in [4.78, 5) is 6.89. The minimum absolute atomic E-state index is 0.526. The van der Waals surface area contributed by atoms with Crippen LogP contribution in [0.2, 0.25) is 0 Å². The largest absolute Gasteiger partial charge is 0.355 e. The molecule has 0 saturated carbocycles. The molecule has 1 aromatic carbocycles. The number of nitrogens with one attached hydrogen (secondary N) is 2. The molecule has 0 bridgehead atoms. The molecule has 4 nitrogen and oxygen atoms in total. The van der Waals surface area contributed by atoms with Gasteiger partial charge in [-0.2, -0.15) is 11.8 Å². The smallest absolute Gasteiger partial charge is 0.191 e. The van der Waals surface area contributed by atoms with Gasteiger partial charge in [0.2, 0.25) is 0 Å². The first-order valence-electron chi connectivity index (χ1n) is 8.47. The molecule has 1 saturated heterocycles. The maximum absolute atomic E-state index is 4.35. The highest BCUT2D eigenvalue weighted by atomic mass is 32.2. The third-order valence-electron chi connectivity index (χ3n) is 4.36. The summed E-state index contributed by atoms with van der Waals surface area (Å²) < 4.78 is 0. The Hall–Kier alpha value is -1.20. The van der Waals surface area contributed by atoms with Crippen LogP contribution in [0.1, 0.15) is 25.3 Å². The summed E-state index contributed by atoms with van der Waals surface area (Å²) in [5, 5.41) is 7.59. The lowest BCUT2D eigenvalue weighted by Crippen LogP contribution is -2.49. The predicted molar refractivity (Wildman–Crippen MR) is 102 cm³/mol. The van der Waals surface area contributed by atoms with Crippen molar-refractivity contribution >= 4 is 17.7 Å². The second-order valence-electron chi connectivity index (χ2n) is 6.18. The topological polar surface area (TPSA) is 39.7 Å². The Bertz CT molecular complexity index is 469. The molecule has 0 spiro atoms. The second-order valence-corrected chi connectivity index (χ2v) is 7.46. The Morgan fingerprint density at radius 3 is 2.61 bits per heavy atom. The number of hydrogen-bond donors (Lipinski definition) is 2. The second kappa shape index (κ2) is 9.83. The van der Waals surface area contributed by atoms with Crippen LogP contribution in [0.25, 0.3) is 0 Å². The molecule has 1 aliphatic rings.